The molecule has 5 nitrogen and oxygen atoms in total. The van der Waals surface area contributed by atoms with Gasteiger partial charge in [0.2, 0.25) is 5.88 Å². The lowest BCUT2D eigenvalue weighted by atomic mass is 10.0. The summed E-state index contributed by atoms with van der Waals surface area (Å²) in [6.45, 7) is 1.32. The number of aryl methyl sites for hydroxylation is 1. The van der Waals surface area contributed by atoms with Crippen molar-refractivity contribution in [3.05, 3.63) is 77.0 Å². The molecule has 0 saturated carbocycles. The summed E-state index contributed by atoms with van der Waals surface area (Å²) in [4.78, 5) is 19.9. The van der Waals surface area contributed by atoms with Crippen LogP contribution in [0.5, 0.6) is 5.88 Å². The molecule has 1 amide bonds. The minimum absolute atomic E-state index is 0.0665. The van der Waals surface area contributed by atoms with Crippen molar-refractivity contribution in [1.82, 2.24) is 4.98 Å². The summed E-state index contributed by atoms with van der Waals surface area (Å²) in [6, 6.07) is 8.46. The summed E-state index contributed by atoms with van der Waals surface area (Å²) in [6.07, 6.45) is -4.67. The molecule has 1 aliphatic rings. The van der Waals surface area contributed by atoms with Crippen LogP contribution in [0.1, 0.15) is 21.6 Å². The second kappa shape index (κ2) is 7.77. The fraction of sp³-hybridized carbons (Fsp3) is 0.182. The van der Waals surface area contributed by atoms with Crippen LogP contribution in [0, 0.1) is 18.6 Å². The Labute approximate surface area is 179 Å². The Balaban J connectivity index is 1.90. The van der Waals surface area contributed by atoms with Crippen molar-refractivity contribution < 1.29 is 31.5 Å². The number of amides is 1. The third-order valence-corrected chi connectivity index (χ3v) is 5.11. The SMILES string of the molecule is COc1ccc(N2CN(c3ccc(F)cc3F)c3cc(C(F)(F)F)ccc3C2=O)c(C)n1. The number of hydrogen-bond acceptors (Lipinski definition) is 4. The van der Waals surface area contributed by atoms with E-state index in [1.54, 1.807) is 13.0 Å². The number of methoxy groups -OCH3 is 1. The van der Waals surface area contributed by atoms with Crippen LogP contribution in [0.3, 0.4) is 0 Å². The Morgan fingerprint density at radius 3 is 2.28 bits per heavy atom. The van der Waals surface area contributed by atoms with Gasteiger partial charge >= 0.3 is 6.18 Å². The van der Waals surface area contributed by atoms with Gasteiger partial charge in [0.05, 0.1) is 41.0 Å². The van der Waals surface area contributed by atoms with Crippen molar-refractivity contribution in [1.29, 1.82) is 0 Å². The lowest BCUT2D eigenvalue weighted by Gasteiger charge is -2.38. The number of benzene rings is 2. The molecule has 0 bridgehead atoms. The maximum absolute atomic E-state index is 14.6. The molecule has 0 spiro atoms. The normalized spacial score (nSPS) is 13.9. The van der Waals surface area contributed by atoms with Gasteiger partial charge in [-0.25, -0.2) is 13.8 Å². The van der Waals surface area contributed by atoms with E-state index >= 15 is 0 Å². The molecule has 0 radical (unpaired) electrons. The monoisotopic (exact) mass is 449 g/mol. The van der Waals surface area contributed by atoms with Crippen LogP contribution in [0.2, 0.25) is 0 Å². The van der Waals surface area contributed by atoms with Gasteiger partial charge in [-0.1, -0.05) is 0 Å². The number of hydrogen-bond donors (Lipinski definition) is 0. The van der Waals surface area contributed by atoms with Crippen LogP contribution >= 0.6 is 0 Å². The summed E-state index contributed by atoms with van der Waals surface area (Å²) in [5, 5.41) is 0. The van der Waals surface area contributed by atoms with Crippen LogP contribution in [0.25, 0.3) is 0 Å². The third kappa shape index (κ3) is 3.72. The van der Waals surface area contributed by atoms with Gasteiger partial charge < -0.3 is 9.64 Å². The number of nitrogens with zero attached hydrogens (tertiary/aromatic N) is 3. The molecule has 0 aliphatic carbocycles. The predicted octanol–water partition coefficient (Wildman–Crippen LogP) is 5.45. The summed E-state index contributed by atoms with van der Waals surface area (Å²) in [5.41, 5.74) is -0.578. The molecule has 2 aromatic carbocycles. The van der Waals surface area contributed by atoms with Crippen molar-refractivity contribution in [2.75, 3.05) is 23.6 Å². The van der Waals surface area contributed by atoms with Gasteiger partial charge in [0, 0.05) is 12.1 Å². The molecule has 32 heavy (non-hydrogen) atoms. The number of halogens is 5. The van der Waals surface area contributed by atoms with Crippen LogP contribution in [-0.4, -0.2) is 24.7 Å². The Bertz CT molecular complexity index is 1210. The highest BCUT2D eigenvalue weighted by Gasteiger charge is 2.37. The number of pyridine rings is 1. The largest absolute Gasteiger partial charge is 0.481 e. The first-order chi connectivity index (χ1) is 15.1. The molecule has 0 N–H and O–H groups in total. The maximum atomic E-state index is 14.6. The van der Waals surface area contributed by atoms with Crippen molar-refractivity contribution in [3.63, 3.8) is 0 Å². The second-order valence-corrected chi connectivity index (χ2v) is 7.09. The summed E-state index contributed by atoms with van der Waals surface area (Å²) >= 11 is 0. The smallest absolute Gasteiger partial charge is 0.416 e. The number of carbonyl (C=O) groups is 1. The van der Waals surface area contributed by atoms with Crippen LogP contribution in [-0.2, 0) is 6.18 Å². The number of carbonyl (C=O) groups excluding carboxylic acids is 1. The van der Waals surface area contributed by atoms with E-state index in [0.717, 1.165) is 30.3 Å². The molecule has 3 aromatic rings. The number of fused-ring (bicyclic) bond motifs is 1. The van der Waals surface area contributed by atoms with Gasteiger partial charge in [-0.3, -0.25) is 9.69 Å². The molecule has 4 rings (SSSR count). The van der Waals surface area contributed by atoms with Gasteiger partial charge in [0.1, 0.15) is 18.3 Å². The molecular weight excluding hydrogens is 433 g/mol. The molecule has 0 atom stereocenters. The zero-order valence-electron chi connectivity index (χ0n) is 16.9. The fourth-order valence-corrected chi connectivity index (χ4v) is 3.56. The average molecular weight is 449 g/mol. The van der Waals surface area contributed by atoms with Gasteiger partial charge in [-0.2, -0.15) is 13.2 Å². The van der Waals surface area contributed by atoms with E-state index < -0.39 is 29.3 Å². The van der Waals surface area contributed by atoms with Gasteiger partial charge in [-0.15, -0.1) is 0 Å². The maximum Gasteiger partial charge on any atom is 0.416 e. The summed E-state index contributed by atoms with van der Waals surface area (Å²) < 4.78 is 73.1. The van der Waals surface area contributed by atoms with Crippen molar-refractivity contribution >= 4 is 23.0 Å². The van der Waals surface area contributed by atoms with E-state index in [1.165, 1.54) is 23.0 Å². The van der Waals surface area contributed by atoms with E-state index in [-0.39, 0.29) is 23.6 Å². The minimum Gasteiger partial charge on any atom is -0.481 e. The van der Waals surface area contributed by atoms with Gasteiger partial charge in [-0.05, 0) is 43.3 Å². The second-order valence-electron chi connectivity index (χ2n) is 7.09. The molecule has 0 unspecified atom stereocenters. The Kier molecular flexibility index (Phi) is 5.23. The molecule has 1 aliphatic heterocycles. The molecule has 2 heterocycles. The van der Waals surface area contributed by atoms with Crippen LogP contribution in [0.4, 0.5) is 39.0 Å². The molecule has 166 valence electrons. The van der Waals surface area contributed by atoms with Gasteiger partial charge in [0.25, 0.3) is 5.91 Å². The molecule has 0 saturated heterocycles. The van der Waals surface area contributed by atoms with Crippen LogP contribution in [0.15, 0.2) is 48.5 Å². The number of rotatable bonds is 3. The average Bonchev–Trinajstić information content (AvgIpc) is 2.74. The number of aromatic nitrogens is 1. The van der Waals surface area contributed by atoms with Crippen molar-refractivity contribution in [3.8, 4) is 5.88 Å². The zero-order chi connectivity index (χ0) is 23.2. The first-order valence-corrected chi connectivity index (χ1v) is 9.37. The highest BCUT2D eigenvalue weighted by molar-refractivity contribution is 6.12. The topological polar surface area (TPSA) is 45.7 Å². The highest BCUT2D eigenvalue weighted by atomic mass is 19.4. The zero-order valence-corrected chi connectivity index (χ0v) is 16.9. The minimum atomic E-state index is -4.67. The number of ether oxygens (including phenoxy) is 1. The van der Waals surface area contributed by atoms with E-state index in [2.05, 4.69) is 4.98 Å². The van der Waals surface area contributed by atoms with E-state index in [4.69, 9.17) is 4.74 Å². The van der Waals surface area contributed by atoms with E-state index in [0.29, 0.717) is 23.3 Å². The fourth-order valence-electron chi connectivity index (χ4n) is 3.56. The molecular formula is C22H16F5N3O2. The number of anilines is 3. The Morgan fingerprint density at radius 2 is 1.66 bits per heavy atom. The third-order valence-electron chi connectivity index (χ3n) is 5.11. The lowest BCUT2D eigenvalue weighted by Crippen LogP contribution is -2.45. The predicted molar refractivity (Wildman–Crippen MR) is 107 cm³/mol. The summed E-state index contributed by atoms with van der Waals surface area (Å²) in [5.74, 6) is -2.09. The quantitative estimate of drug-likeness (QED) is 0.499. The van der Waals surface area contributed by atoms with Crippen LogP contribution < -0.4 is 14.5 Å². The first-order valence-electron chi connectivity index (χ1n) is 9.37. The van der Waals surface area contributed by atoms with Crippen molar-refractivity contribution in [2.24, 2.45) is 0 Å². The van der Waals surface area contributed by atoms with E-state index in [9.17, 15) is 26.7 Å². The number of alkyl halides is 3. The first kappa shape index (κ1) is 21.5. The molecule has 10 heteroatoms. The lowest BCUT2D eigenvalue weighted by molar-refractivity contribution is -0.137. The highest BCUT2D eigenvalue weighted by Crippen LogP contribution is 2.41. The van der Waals surface area contributed by atoms with Crippen molar-refractivity contribution in [2.45, 2.75) is 13.1 Å². The van der Waals surface area contributed by atoms with Gasteiger partial charge in [0.15, 0.2) is 0 Å². The Morgan fingerprint density at radius 1 is 0.938 bits per heavy atom. The standard InChI is InChI=1S/C22H16F5N3O2/c1-12-17(7-8-20(28-12)32-2)30-11-29(18-6-4-14(23)10-16(18)24)19-9-13(22(25,26)27)3-5-15(19)21(30)31/h3-10H,11H2,1-2H3. The Hall–Kier alpha value is -3.69. The molecule has 1 aromatic heterocycles. The molecule has 0 fully saturated rings. The summed E-state index contributed by atoms with van der Waals surface area (Å²) in [7, 11) is 1.43. The van der Waals surface area contributed by atoms with E-state index in [1.807, 2.05) is 0 Å².